The minimum absolute atomic E-state index is 0.152. The molecule has 0 atom stereocenters. The topological polar surface area (TPSA) is 88.2 Å². The van der Waals surface area contributed by atoms with Crippen molar-refractivity contribution in [3.8, 4) is 5.75 Å². The van der Waals surface area contributed by atoms with Gasteiger partial charge >= 0.3 is 0 Å². The van der Waals surface area contributed by atoms with E-state index >= 15 is 0 Å². The van der Waals surface area contributed by atoms with Crippen LogP contribution in [0.25, 0.3) is 10.2 Å². The van der Waals surface area contributed by atoms with Crippen molar-refractivity contribution >= 4 is 38.8 Å². The van der Waals surface area contributed by atoms with Crippen LogP contribution in [0.5, 0.6) is 5.75 Å². The lowest BCUT2D eigenvalue weighted by Gasteiger charge is -2.15. The number of aromatic nitrogens is 3. The summed E-state index contributed by atoms with van der Waals surface area (Å²) < 4.78 is 19.0. The zero-order chi connectivity index (χ0) is 20.4. The van der Waals surface area contributed by atoms with E-state index in [9.17, 15) is 14.0 Å². The molecule has 1 N–H and O–H groups in total. The molecule has 148 valence electrons. The van der Waals surface area contributed by atoms with Gasteiger partial charge < -0.3 is 14.6 Å². The maximum atomic E-state index is 12.9. The van der Waals surface area contributed by atoms with Gasteiger partial charge in [0.15, 0.2) is 0 Å². The van der Waals surface area contributed by atoms with Crippen LogP contribution in [-0.4, -0.2) is 32.8 Å². The number of fused-ring (bicyclic) bond motifs is 1. The van der Waals surface area contributed by atoms with Crippen molar-refractivity contribution in [3.63, 3.8) is 0 Å². The average molecular weight is 430 g/mol. The second-order valence-corrected chi connectivity index (χ2v) is 8.04. The number of ether oxygens (including phenoxy) is 1. The first kappa shape index (κ1) is 19.2. The molecule has 3 aromatic heterocycles. The molecule has 0 aliphatic rings. The van der Waals surface area contributed by atoms with Crippen LogP contribution in [-0.2, 0) is 13.2 Å². The summed E-state index contributed by atoms with van der Waals surface area (Å²) in [5.41, 5.74) is 0.687. The molecule has 1 amide bonds. The van der Waals surface area contributed by atoms with E-state index in [0.29, 0.717) is 26.8 Å². The van der Waals surface area contributed by atoms with Crippen LogP contribution in [0.1, 0.15) is 21.3 Å². The number of nitrogens with zero attached hydrogens (tertiary/aromatic N) is 3. The Morgan fingerprint density at radius 3 is 2.79 bits per heavy atom. The molecule has 29 heavy (non-hydrogen) atoms. The van der Waals surface area contributed by atoms with Crippen molar-refractivity contribution in [1.29, 1.82) is 0 Å². The minimum atomic E-state index is -0.337. The SMILES string of the molecule is CN(Cc1nc2ccsc2c(=O)[nH]1)C(=O)c1csc(COc2ccc(F)cc2)n1. The summed E-state index contributed by atoms with van der Waals surface area (Å²) in [6.07, 6.45) is 0. The fraction of sp³-hybridized carbons (Fsp3) is 0.158. The molecule has 0 saturated heterocycles. The fourth-order valence-corrected chi connectivity index (χ4v) is 4.04. The third-order valence-corrected chi connectivity index (χ3v) is 5.77. The lowest BCUT2D eigenvalue weighted by atomic mass is 10.3. The van der Waals surface area contributed by atoms with Gasteiger partial charge in [-0.15, -0.1) is 22.7 Å². The number of hydrogen-bond acceptors (Lipinski definition) is 7. The average Bonchev–Trinajstić information content (AvgIpc) is 3.36. The minimum Gasteiger partial charge on any atom is -0.486 e. The fourth-order valence-electron chi connectivity index (χ4n) is 2.64. The molecule has 3 heterocycles. The summed E-state index contributed by atoms with van der Waals surface area (Å²) in [6, 6.07) is 7.45. The van der Waals surface area contributed by atoms with E-state index in [1.165, 1.54) is 51.8 Å². The Labute approximate surface area is 172 Å². The van der Waals surface area contributed by atoms with Gasteiger partial charge in [0.1, 0.15) is 39.4 Å². The maximum Gasteiger partial charge on any atom is 0.273 e. The normalized spacial score (nSPS) is 11.0. The molecule has 1 aromatic carbocycles. The van der Waals surface area contributed by atoms with Crippen LogP contribution in [0, 0.1) is 5.82 Å². The molecule has 0 saturated carbocycles. The van der Waals surface area contributed by atoms with Gasteiger partial charge in [0.05, 0.1) is 12.1 Å². The summed E-state index contributed by atoms with van der Waals surface area (Å²) in [5, 5.41) is 4.08. The number of amides is 1. The highest BCUT2D eigenvalue weighted by molar-refractivity contribution is 7.17. The highest BCUT2D eigenvalue weighted by Gasteiger charge is 2.17. The van der Waals surface area contributed by atoms with Crippen molar-refractivity contribution in [1.82, 2.24) is 19.9 Å². The molecule has 4 aromatic rings. The zero-order valence-corrected chi connectivity index (χ0v) is 16.8. The zero-order valence-electron chi connectivity index (χ0n) is 15.2. The number of nitrogens with one attached hydrogen (secondary N) is 1. The molecule has 0 fully saturated rings. The predicted octanol–water partition coefficient (Wildman–Crippen LogP) is 3.43. The predicted molar refractivity (Wildman–Crippen MR) is 109 cm³/mol. The lowest BCUT2D eigenvalue weighted by Crippen LogP contribution is -2.28. The lowest BCUT2D eigenvalue weighted by molar-refractivity contribution is 0.0776. The number of thiazole rings is 1. The molecule has 7 nitrogen and oxygen atoms in total. The molecule has 10 heteroatoms. The first-order chi connectivity index (χ1) is 14.0. The van der Waals surface area contributed by atoms with E-state index in [1.54, 1.807) is 23.9 Å². The van der Waals surface area contributed by atoms with Crippen molar-refractivity contribution in [3.05, 3.63) is 73.8 Å². The molecule has 0 aliphatic heterocycles. The summed E-state index contributed by atoms with van der Waals surface area (Å²) in [6.45, 7) is 0.329. The Morgan fingerprint density at radius 2 is 2.00 bits per heavy atom. The summed E-state index contributed by atoms with van der Waals surface area (Å²) in [4.78, 5) is 37.5. The van der Waals surface area contributed by atoms with E-state index in [2.05, 4.69) is 15.0 Å². The van der Waals surface area contributed by atoms with E-state index in [4.69, 9.17) is 4.74 Å². The monoisotopic (exact) mass is 430 g/mol. The first-order valence-corrected chi connectivity index (χ1v) is 10.3. The highest BCUT2D eigenvalue weighted by atomic mass is 32.1. The summed E-state index contributed by atoms with van der Waals surface area (Å²) in [7, 11) is 1.62. The highest BCUT2D eigenvalue weighted by Crippen LogP contribution is 2.18. The molecule has 0 bridgehead atoms. The number of carbonyl (C=O) groups excluding carboxylic acids is 1. The Morgan fingerprint density at radius 1 is 1.21 bits per heavy atom. The second-order valence-electron chi connectivity index (χ2n) is 6.18. The molecule has 0 spiro atoms. The van der Waals surface area contributed by atoms with Gasteiger partial charge in [-0.05, 0) is 35.7 Å². The molecule has 0 radical (unpaired) electrons. The van der Waals surface area contributed by atoms with Gasteiger partial charge in [-0.1, -0.05) is 0 Å². The number of hydrogen-bond donors (Lipinski definition) is 1. The smallest absolute Gasteiger partial charge is 0.273 e. The van der Waals surface area contributed by atoms with E-state index < -0.39 is 0 Å². The Hall–Kier alpha value is -3.11. The van der Waals surface area contributed by atoms with Crippen LogP contribution < -0.4 is 10.3 Å². The number of rotatable bonds is 6. The second kappa shape index (κ2) is 8.10. The third kappa shape index (κ3) is 4.33. The van der Waals surface area contributed by atoms with Gasteiger partial charge in [-0.25, -0.2) is 14.4 Å². The van der Waals surface area contributed by atoms with Crippen molar-refractivity contribution in [2.75, 3.05) is 7.05 Å². The molecular formula is C19H15FN4O3S2. The van der Waals surface area contributed by atoms with Crippen molar-refractivity contribution < 1.29 is 13.9 Å². The number of carbonyl (C=O) groups is 1. The first-order valence-electron chi connectivity index (χ1n) is 8.54. The van der Waals surface area contributed by atoms with Crippen LogP contribution in [0.15, 0.2) is 45.9 Å². The van der Waals surface area contributed by atoms with E-state index in [0.717, 1.165) is 0 Å². The number of H-pyrrole nitrogens is 1. The molecule has 4 rings (SSSR count). The number of benzene rings is 1. The van der Waals surface area contributed by atoms with E-state index in [1.807, 2.05) is 0 Å². The van der Waals surface area contributed by atoms with Gasteiger partial charge in [-0.2, -0.15) is 0 Å². The van der Waals surface area contributed by atoms with Gasteiger partial charge in [0, 0.05) is 12.4 Å². The number of thiophene rings is 1. The summed E-state index contributed by atoms with van der Waals surface area (Å²) in [5.74, 6) is 0.302. The van der Waals surface area contributed by atoms with Crippen LogP contribution in [0.3, 0.4) is 0 Å². The maximum absolute atomic E-state index is 12.9. The van der Waals surface area contributed by atoms with E-state index in [-0.39, 0.29) is 36.1 Å². The molecule has 0 unspecified atom stereocenters. The van der Waals surface area contributed by atoms with Crippen molar-refractivity contribution in [2.45, 2.75) is 13.2 Å². The van der Waals surface area contributed by atoms with Crippen LogP contribution in [0.4, 0.5) is 4.39 Å². The third-order valence-electron chi connectivity index (χ3n) is 4.04. The Kier molecular flexibility index (Phi) is 5.36. The largest absolute Gasteiger partial charge is 0.486 e. The van der Waals surface area contributed by atoms with Crippen LogP contribution in [0.2, 0.25) is 0 Å². The standard InChI is InChI=1S/C19H15FN4O3S2/c1-24(8-15-21-13-6-7-28-17(13)18(25)23-15)19(26)14-10-29-16(22-14)9-27-12-4-2-11(20)3-5-12/h2-7,10H,8-9H2,1H3,(H,21,23,25). The number of aromatic amines is 1. The van der Waals surface area contributed by atoms with Crippen molar-refractivity contribution in [2.24, 2.45) is 0 Å². The molecular weight excluding hydrogens is 415 g/mol. The Bertz CT molecular complexity index is 1220. The summed E-state index contributed by atoms with van der Waals surface area (Å²) >= 11 is 2.62. The van der Waals surface area contributed by atoms with Gasteiger partial charge in [0.2, 0.25) is 0 Å². The van der Waals surface area contributed by atoms with Crippen LogP contribution >= 0.6 is 22.7 Å². The Balaban J connectivity index is 1.40. The van der Waals surface area contributed by atoms with Gasteiger partial charge in [0.25, 0.3) is 11.5 Å². The van der Waals surface area contributed by atoms with Gasteiger partial charge in [-0.3, -0.25) is 9.59 Å². The molecule has 0 aliphatic carbocycles. The quantitative estimate of drug-likeness (QED) is 0.506. The number of halogens is 1.